The van der Waals surface area contributed by atoms with Crippen LogP contribution in [0, 0.1) is 0 Å². The molecule has 0 fully saturated rings. The fraction of sp³-hybridized carbons (Fsp3) is 0.350. The number of rotatable bonds is 8. The van der Waals surface area contributed by atoms with Crippen molar-refractivity contribution >= 4 is 27.5 Å². The molecule has 9 heteroatoms. The number of nitrogens with zero attached hydrogens (tertiary/aromatic N) is 2. The first kappa shape index (κ1) is 23.0. The van der Waals surface area contributed by atoms with Crippen LogP contribution in [0.4, 0.5) is 0 Å². The molecule has 0 N–H and O–H groups in total. The number of halogens is 1. The minimum atomic E-state index is -3.77. The first-order chi connectivity index (χ1) is 13.6. The van der Waals surface area contributed by atoms with E-state index >= 15 is 0 Å². The lowest BCUT2D eigenvalue weighted by Crippen LogP contribution is -2.30. The summed E-state index contributed by atoms with van der Waals surface area (Å²) >= 11 is 6.08. The molecule has 7 nitrogen and oxygen atoms in total. The molecule has 0 heterocycles. The Balaban J connectivity index is 2.35. The number of carbonyl (C=O) groups is 1. The number of methoxy groups -OCH3 is 2. The summed E-state index contributed by atoms with van der Waals surface area (Å²) in [5.41, 5.74) is 1.10. The third-order valence-corrected chi connectivity index (χ3v) is 6.72. The molecule has 0 aromatic heterocycles. The van der Waals surface area contributed by atoms with Gasteiger partial charge in [0, 0.05) is 32.7 Å². The van der Waals surface area contributed by atoms with Crippen molar-refractivity contribution in [3.8, 4) is 11.5 Å². The lowest BCUT2D eigenvalue weighted by atomic mass is 10.1. The van der Waals surface area contributed by atoms with Gasteiger partial charge in [-0.3, -0.25) is 4.79 Å². The molecule has 0 bridgehead atoms. The van der Waals surface area contributed by atoms with Crippen molar-refractivity contribution in [1.82, 2.24) is 9.21 Å². The van der Waals surface area contributed by atoms with Crippen molar-refractivity contribution in [3.63, 3.8) is 0 Å². The van der Waals surface area contributed by atoms with Gasteiger partial charge in [0.2, 0.25) is 10.0 Å². The predicted molar refractivity (Wildman–Crippen MR) is 112 cm³/mol. The van der Waals surface area contributed by atoms with Crippen LogP contribution in [-0.2, 0) is 16.6 Å². The molecule has 0 saturated heterocycles. The minimum absolute atomic E-state index is 0.0678. The van der Waals surface area contributed by atoms with E-state index in [9.17, 15) is 13.2 Å². The molecule has 0 aliphatic heterocycles. The Labute approximate surface area is 176 Å². The van der Waals surface area contributed by atoms with E-state index in [0.29, 0.717) is 24.6 Å². The molecule has 0 saturated carbocycles. The van der Waals surface area contributed by atoms with Crippen LogP contribution in [0.5, 0.6) is 11.5 Å². The number of carbonyl (C=O) groups excluding carboxylic acids is 1. The van der Waals surface area contributed by atoms with E-state index < -0.39 is 10.0 Å². The Morgan fingerprint density at radius 1 is 1.03 bits per heavy atom. The molecule has 2 aromatic rings. The molecular formula is C20H25ClN2O5S. The predicted octanol–water partition coefficient (Wildman–Crippen LogP) is 3.27. The van der Waals surface area contributed by atoms with Gasteiger partial charge in [-0.2, -0.15) is 0 Å². The van der Waals surface area contributed by atoms with E-state index in [1.54, 1.807) is 31.3 Å². The lowest BCUT2D eigenvalue weighted by molar-refractivity contribution is 0.0752. The highest BCUT2D eigenvalue weighted by atomic mass is 35.5. The van der Waals surface area contributed by atoms with Gasteiger partial charge < -0.3 is 14.4 Å². The van der Waals surface area contributed by atoms with Gasteiger partial charge in [0.1, 0.15) is 4.90 Å². The molecule has 0 radical (unpaired) electrons. The van der Waals surface area contributed by atoms with Crippen molar-refractivity contribution in [3.05, 3.63) is 52.5 Å². The van der Waals surface area contributed by atoms with Gasteiger partial charge >= 0.3 is 0 Å². The van der Waals surface area contributed by atoms with Crippen LogP contribution < -0.4 is 9.47 Å². The zero-order valence-corrected chi connectivity index (χ0v) is 18.7. The largest absolute Gasteiger partial charge is 0.493 e. The topological polar surface area (TPSA) is 76.1 Å². The molecule has 0 aliphatic rings. The molecule has 1 amide bonds. The van der Waals surface area contributed by atoms with E-state index in [4.69, 9.17) is 21.1 Å². The monoisotopic (exact) mass is 440 g/mol. The summed E-state index contributed by atoms with van der Waals surface area (Å²) in [5.74, 6) is 0.871. The lowest BCUT2D eigenvalue weighted by Gasteiger charge is -2.22. The van der Waals surface area contributed by atoms with E-state index in [1.807, 2.05) is 13.0 Å². The highest BCUT2D eigenvalue weighted by Gasteiger charge is 2.24. The van der Waals surface area contributed by atoms with Gasteiger partial charge in [0.05, 0.1) is 19.2 Å². The summed E-state index contributed by atoms with van der Waals surface area (Å²) < 4.78 is 36.6. The number of hydrogen-bond donors (Lipinski definition) is 0. The molecule has 158 valence electrons. The van der Waals surface area contributed by atoms with Gasteiger partial charge in [-0.05, 0) is 42.8 Å². The quantitative estimate of drug-likeness (QED) is 0.629. The molecular weight excluding hydrogens is 416 g/mol. The van der Waals surface area contributed by atoms with Crippen LogP contribution in [0.15, 0.2) is 41.3 Å². The Morgan fingerprint density at radius 2 is 1.69 bits per heavy atom. The summed E-state index contributed by atoms with van der Waals surface area (Å²) in [6.45, 7) is 2.62. The van der Waals surface area contributed by atoms with Crippen molar-refractivity contribution in [1.29, 1.82) is 0 Å². The Bertz CT molecular complexity index is 992. The van der Waals surface area contributed by atoms with Crippen LogP contribution in [-0.4, -0.2) is 58.4 Å². The minimum Gasteiger partial charge on any atom is -0.493 e. The van der Waals surface area contributed by atoms with Crippen molar-refractivity contribution in [2.75, 3.05) is 34.9 Å². The molecule has 29 heavy (non-hydrogen) atoms. The van der Waals surface area contributed by atoms with Gasteiger partial charge in [-0.15, -0.1) is 0 Å². The van der Waals surface area contributed by atoms with Crippen LogP contribution in [0.1, 0.15) is 22.8 Å². The Kier molecular flexibility index (Phi) is 7.51. The van der Waals surface area contributed by atoms with Crippen LogP contribution in [0.3, 0.4) is 0 Å². The highest BCUT2D eigenvalue weighted by Crippen LogP contribution is 2.29. The Hall–Kier alpha value is -2.29. The molecule has 0 aliphatic carbocycles. The van der Waals surface area contributed by atoms with Gasteiger partial charge in [0.25, 0.3) is 5.91 Å². The van der Waals surface area contributed by atoms with Crippen LogP contribution in [0.2, 0.25) is 5.02 Å². The number of amides is 1. The number of ether oxygens (including phenoxy) is 2. The number of sulfonamides is 1. The van der Waals surface area contributed by atoms with Crippen LogP contribution in [0.25, 0.3) is 0 Å². The Morgan fingerprint density at radius 3 is 2.24 bits per heavy atom. The highest BCUT2D eigenvalue weighted by molar-refractivity contribution is 7.89. The van der Waals surface area contributed by atoms with Crippen molar-refractivity contribution < 1.29 is 22.7 Å². The van der Waals surface area contributed by atoms with Gasteiger partial charge in [-0.25, -0.2) is 12.7 Å². The zero-order chi connectivity index (χ0) is 21.8. The average molecular weight is 441 g/mol. The third kappa shape index (κ3) is 5.01. The van der Waals surface area contributed by atoms with Crippen molar-refractivity contribution in [2.24, 2.45) is 0 Å². The molecule has 0 spiro atoms. The number of hydrogen-bond acceptors (Lipinski definition) is 5. The maximum atomic E-state index is 13.0. The summed E-state index contributed by atoms with van der Waals surface area (Å²) in [7, 11) is 2.15. The van der Waals surface area contributed by atoms with E-state index in [0.717, 1.165) is 9.87 Å². The zero-order valence-electron chi connectivity index (χ0n) is 17.1. The smallest absolute Gasteiger partial charge is 0.254 e. The molecule has 0 unspecified atom stereocenters. The normalized spacial score (nSPS) is 11.4. The summed E-state index contributed by atoms with van der Waals surface area (Å²) in [6.07, 6.45) is 0. The summed E-state index contributed by atoms with van der Waals surface area (Å²) in [5, 5.41) is 0.0678. The standard InChI is InChI=1S/C20H25ClN2O5S/c1-6-23(13-14-7-10-17(27-4)18(11-14)28-5)20(24)15-8-9-16(21)19(12-15)29(25,26)22(2)3/h7-12H,6,13H2,1-5H3. The fourth-order valence-corrected chi connectivity index (χ4v) is 4.13. The molecule has 0 atom stereocenters. The second-order valence-corrected chi connectivity index (χ2v) is 8.97. The van der Waals surface area contributed by atoms with E-state index in [1.165, 1.54) is 32.3 Å². The van der Waals surface area contributed by atoms with Crippen molar-refractivity contribution in [2.45, 2.75) is 18.4 Å². The summed E-state index contributed by atoms with van der Waals surface area (Å²) in [4.78, 5) is 14.5. The average Bonchev–Trinajstić information content (AvgIpc) is 2.71. The van der Waals surface area contributed by atoms with Crippen LogP contribution >= 0.6 is 11.6 Å². The molecule has 2 aromatic carbocycles. The first-order valence-corrected chi connectivity index (χ1v) is 10.7. The van der Waals surface area contributed by atoms with Gasteiger partial charge in [0.15, 0.2) is 11.5 Å². The fourth-order valence-electron chi connectivity index (χ4n) is 2.74. The summed E-state index contributed by atoms with van der Waals surface area (Å²) in [6, 6.07) is 9.69. The van der Waals surface area contributed by atoms with E-state index in [2.05, 4.69) is 0 Å². The second-order valence-electron chi connectivity index (χ2n) is 6.44. The third-order valence-electron chi connectivity index (χ3n) is 4.43. The second kappa shape index (κ2) is 9.47. The van der Waals surface area contributed by atoms with Gasteiger partial charge in [-0.1, -0.05) is 17.7 Å². The number of benzene rings is 2. The van der Waals surface area contributed by atoms with E-state index in [-0.39, 0.29) is 21.4 Å². The first-order valence-electron chi connectivity index (χ1n) is 8.88. The SMILES string of the molecule is CCN(Cc1ccc(OC)c(OC)c1)C(=O)c1ccc(Cl)c(S(=O)(=O)N(C)C)c1. The maximum absolute atomic E-state index is 13.0. The molecule has 2 rings (SSSR count). The maximum Gasteiger partial charge on any atom is 0.254 e.